The van der Waals surface area contributed by atoms with Gasteiger partial charge in [0.1, 0.15) is 0 Å². The van der Waals surface area contributed by atoms with Crippen LogP contribution >= 0.6 is 0 Å². The number of amides is 1. The van der Waals surface area contributed by atoms with Gasteiger partial charge in [-0.05, 0) is 32.1 Å². The molecular weight excluding hydrogens is 815 g/mol. The predicted molar refractivity (Wildman–Crippen MR) is 287 cm³/mol. The third kappa shape index (κ3) is 52.0. The summed E-state index contributed by atoms with van der Waals surface area (Å²) in [7, 11) is 0. The highest BCUT2D eigenvalue weighted by Gasteiger charge is 2.18. The van der Waals surface area contributed by atoms with Gasteiger partial charge in [0.05, 0.1) is 25.4 Å². The number of hydrogen-bond acceptors (Lipinski definition) is 5. The van der Waals surface area contributed by atoms with Crippen molar-refractivity contribution in [1.29, 1.82) is 0 Å². The van der Waals surface area contributed by atoms with Crippen LogP contribution in [0.5, 0.6) is 0 Å². The lowest BCUT2D eigenvalue weighted by atomic mass is 10.0. The van der Waals surface area contributed by atoms with Crippen LogP contribution in [0.1, 0.15) is 335 Å². The number of hydrogen-bond donors (Lipinski definition) is 3. The molecule has 2 atom stereocenters. The zero-order chi connectivity index (χ0) is 47.9. The van der Waals surface area contributed by atoms with Gasteiger partial charge in [-0.2, -0.15) is 0 Å². The van der Waals surface area contributed by atoms with Gasteiger partial charge in [0.2, 0.25) is 5.91 Å². The largest absolute Gasteiger partial charge is 0.466 e. The number of allylic oxidation sites excluding steroid dienone is 1. The van der Waals surface area contributed by atoms with Crippen LogP contribution in [0.3, 0.4) is 0 Å². The Balaban J connectivity index is 3.38. The lowest BCUT2D eigenvalue weighted by Gasteiger charge is -2.20. The van der Waals surface area contributed by atoms with Gasteiger partial charge in [0, 0.05) is 12.8 Å². The summed E-state index contributed by atoms with van der Waals surface area (Å²) < 4.78 is 5.48. The monoisotopic (exact) mass is 932 g/mol. The highest BCUT2D eigenvalue weighted by atomic mass is 16.5. The first-order valence-electron chi connectivity index (χ1n) is 30.0. The minimum atomic E-state index is -0.843. The molecule has 6 heteroatoms. The van der Waals surface area contributed by atoms with E-state index in [0.29, 0.717) is 19.4 Å². The van der Waals surface area contributed by atoms with E-state index >= 15 is 0 Å². The fourth-order valence-corrected chi connectivity index (χ4v) is 9.46. The quantitative estimate of drug-likeness (QED) is 0.0321. The standard InChI is InChI=1S/C60H117NO5/c1-3-5-7-9-11-13-15-17-29-32-36-40-44-48-52-58(63)57(56-62)61-59(64)53-49-45-41-37-33-30-26-24-22-20-18-19-21-23-25-27-31-35-39-43-47-51-55-66-60(65)54-50-46-42-38-34-28-16-14-12-10-8-6-4-2/h48,52,57-58,62-63H,3-47,49-51,53-56H2,1-2H3,(H,61,64)/b52-48+. The molecule has 0 heterocycles. The second-order valence-corrected chi connectivity index (χ2v) is 20.7. The van der Waals surface area contributed by atoms with Crippen LogP contribution < -0.4 is 5.32 Å². The SMILES string of the molecule is CCCCCCCCCCCCCC/C=C/C(O)C(CO)NC(=O)CCCCCCCCCCCCCCCCCCCCCCCCOC(=O)CCCCCCCCCCCCCCC. The summed E-state index contributed by atoms with van der Waals surface area (Å²) in [6.45, 7) is 4.92. The van der Waals surface area contributed by atoms with Crippen molar-refractivity contribution in [3.63, 3.8) is 0 Å². The van der Waals surface area contributed by atoms with E-state index in [9.17, 15) is 19.8 Å². The van der Waals surface area contributed by atoms with Gasteiger partial charge in [-0.25, -0.2) is 0 Å². The Kier molecular flexibility index (Phi) is 55.0. The summed E-state index contributed by atoms with van der Waals surface area (Å²) in [4.78, 5) is 24.5. The van der Waals surface area contributed by atoms with E-state index in [-0.39, 0.29) is 18.5 Å². The first-order chi connectivity index (χ1) is 32.5. The maximum Gasteiger partial charge on any atom is 0.305 e. The number of esters is 1. The Morgan fingerprint density at radius 2 is 0.697 bits per heavy atom. The Morgan fingerprint density at radius 3 is 1.03 bits per heavy atom. The molecule has 66 heavy (non-hydrogen) atoms. The lowest BCUT2D eigenvalue weighted by molar-refractivity contribution is -0.143. The van der Waals surface area contributed by atoms with Crippen LogP contribution in [-0.4, -0.2) is 47.4 Å². The molecule has 3 N–H and O–H groups in total. The third-order valence-corrected chi connectivity index (χ3v) is 14.1. The van der Waals surface area contributed by atoms with Gasteiger partial charge in [-0.1, -0.05) is 302 Å². The van der Waals surface area contributed by atoms with E-state index in [0.717, 1.165) is 38.5 Å². The summed E-state index contributed by atoms with van der Waals surface area (Å²) >= 11 is 0. The molecule has 1 amide bonds. The van der Waals surface area contributed by atoms with Crippen LogP contribution in [0.2, 0.25) is 0 Å². The molecule has 0 aliphatic heterocycles. The van der Waals surface area contributed by atoms with Crippen molar-refractivity contribution in [2.24, 2.45) is 0 Å². The average molecular weight is 933 g/mol. The summed E-state index contributed by atoms with van der Waals surface area (Å²) in [6.07, 6.45) is 66.7. The summed E-state index contributed by atoms with van der Waals surface area (Å²) in [5.74, 6) is -0.0518. The van der Waals surface area contributed by atoms with Crippen molar-refractivity contribution in [1.82, 2.24) is 5.32 Å². The lowest BCUT2D eigenvalue weighted by Crippen LogP contribution is -2.45. The van der Waals surface area contributed by atoms with Gasteiger partial charge in [0.15, 0.2) is 0 Å². The molecule has 0 aromatic carbocycles. The molecule has 6 nitrogen and oxygen atoms in total. The number of carbonyl (C=O) groups excluding carboxylic acids is 2. The zero-order valence-corrected chi connectivity index (χ0v) is 44.7. The molecular formula is C60H117NO5. The maximum absolute atomic E-state index is 12.4. The van der Waals surface area contributed by atoms with E-state index in [1.165, 1.54) is 270 Å². The van der Waals surface area contributed by atoms with Crippen LogP contribution in [-0.2, 0) is 14.3 Å². The van der Waals surface area contributed by atoms with Gasteiger partial charge in [-0.3, -0.25) is 9.59 Å². The summed E-state index contributed by atoms with van der Waals surface area (Å²) in [5, 5.41) is 23.1. The normalized spacial score (nSPS) is 12.6. The molecule has 0 radical (unpaired) electrons. The molecule has 0 fully saturated rings. The number of nitrogens with one attached hydrogen (secondary N) is 1. The second kappa shape index (κ2) is 56.2. The Morgan fingerprint density at radius 1 is 0.409 bits per heavy atom. The number of unbranched alkanes of at least 4 members (excludes halogenated alkanes) is 45. The fourth-order valence-electron chi connectivity index (χ4n) is 9.46. The summed E-state index contributed by atoms with van der Waals surface area (Å²) in [6, 6.07) is -0.626. The Bertz CT molecular complexity index is 986. The maximum atomic E-state index is 12.4. The topological polar surface area (TPSA) is 95.9 Å². The average Bonchev–Trinajstić information content (AvgIpc) is 3.32. The van der Waals surface area contributed by atoms with Crippen molar-refractivity contribution in [2.45, 2.75) is 347 Å². The molecule has 0 saturated heterocycles. The number of aliphatic hydroxyl groups is 2. The zero-order valence-electron chi connectivity index (χ0n) is 44.7. The predicted octanol–water partition coefficient (Wildman–Crippen LogP) is 18.5. The second-order valence-electron chi connectivity index (χ2n) is 20.7. The van der Waals surface area contributed by atoms with Crippen molar-refractivity contribution in [2.75, 3.05) is 13.2 Å². The number of aliphatic hydroxyl groups excluding tert-OH is 2. The third-order valence-electron chi connectivity index (χ3n) is 14.1. The molecule has 0 aliphatic carbocycles. The highest BCUT2D eigenvalue weighted by molar-refractivity contribution is 5.76. The van der Waals surface area contributed by atoms with E-state index in [4.69, 9.17) is 4.74 Å². The molecule has 0 bridgehead atoms. The molecule has 0 aliphatic rings. The Hall–Kier alpha value is -1.40. The van der Waals surface area contributed by atoms with Gasteiger partial charge in [0.25, 0.3) is 0 Å². The van der Waals surface area contributed by atoms with Gasteiger partial charge >= 0.3 is 5.97 Å². The van der Waals surface area contributed by atoms with Crippen molar-refractivity contribution in [3.05, 3.63) is 12.2 Å². The van der Waals surface area contributed by atoms with Crippen LogP contribution in [0, 0.1) is 0 Å². The molecule has 0 saturated carbocycles. The number of carbonyl (C=O) groups is 2. The first-order valence-corrected chi connectivity index (χ1v) is 30.0. The van der Waals surface area contributed by atoms with Gasteiger partial charge in [-0.15, -0.1) is 0 Å². The van der Waals surface area contributed by atoms with E-state index in [1.807, 2.05) is 6.08 Å². The molecule has 0 spiro atoms. The first kappa shape index (κ1) is 64.6. The van der Waals surface area contributed by atoms with Crippen molar-refractivity contribution >= 4 is 11.9 Å². The van der Waals surface area contributed by atoms with E-state index in [1.54, 1.807) is 6.08 Å². The fraction of sp³-hybridized carbons (Fsp3) is 0.933. The number of rotatable bonds is 56. The summed E-state index contributed by atoms with van der Waals surface area (Å²) in [5.41, 5.74) is 0. The van der Waals surface area contributed by atoms with Crippen molar-refractivity contribution in [3.8, 4) is 0 Å². The molecule has 0 rings (SSSR count). The number of ether oxygens (including phenoxy) is 1. The molecule has 2 unspecified atom stereocenters. The minimum absolute atomic E-state index is 0.0147. The molecule has 0 aromatic rings. The van der Waals surface area contributed by atoms with Crippen molar-refractivity contribution < 1.29 is 24.5 Å². The van der Waals surface area contributed by atoms with Crippen LogP contribution in [0.15, 0.2) is 12.2 Å². The minimum Gasteiger partial charge on any atom is -0.466 e. The van der Waals surface area contributed by atoms with E-state index in [2.05, 4.69) is 19.2 Å². The van der Waals surface area contributed by atoms with Crippen LogP contribution in [0.4, 0.5) is 0 Å². The van der Waals surface area contributed by atoms with Crippen LogP contribution in [0.25, 0.3) is 0 Å². The smallest absolute Gasteiger partial charge is 0.305 e. The molecule has 392 valence electrons. The van der Waals surface area contributed by atoms with Gasteiger partial charge < -0.3 is 20.3 Å². The van der Waals surface area contributed by atoms with E-state index < -0.39 is 12.1 Å². The Labute approximate surface area is 412 Å². The molecule has 0 aromatic heterocycles. The highest BCUT2D eigenvalue weighted by Crippen LogP contribution is 2.18.